The number of hydrogen-bond donors (Lipinski definition) is 1. The van der Waals surface area contributed by atoms with Gasteiger partial charge in [0.25, 0.3) is 0 Å². The van der Waals surface area contributed by atoms with Crippen molar-refractivity contribution >= 4 is 0 Å². The lowest BCUT2D eigenvalue weighted by molar-refractivity contribution is 0.475. The molecule has 0 radical (unpaired) electrons. The molecule has 0 spiro atoms. The Morgan fingerprint density at radius 2 is 1.05 bits per heavy atom. The van der Waals surface area contributed by atoms with Gasteiger partial charge in [0, 0.05) is 0 Å². The van der Waals surface area contributed by atoms with Crippen molar-refractivity contribution in [3.05, 3.63) is 65.2 Å². The van der Waals surface area contributed by atoms with Gasteiger partial charge in [0.15, 0.2) is 0 Å². The Hall–Kier alpha value is -1.76. The van der Waals surface area contributed by atoms with Crippen LogP contribution in [0.4, 0.5) is 0 Å². The molecule has 0 amide bonds. The van der Waals surface area contributed by atoms with E-state index in [2.05, 4.69) is 66.7 Å². The molecule has 0 aliphatic heterocycles. The monoisotopic (exact) mass is 298 g/mol. The summed E-state index contributed by atoms with van der Waals surface area (Å²) in [6.45, 7) is 15.9. The lowest BCUT2D eigenvalue weighted by Gasteiger charge is -2.28. The fourth-order valence-electron chi connectivity index (χ4n) is 2.69. The lowest BCUT2D eigenvalue weighted by Crippen LogP contribution is -2.19. The summed E-state index contributed by atoms with van der Waals surface area (Å²) in [4.78, 5) is 0. The topological polar surface area (TPSA) is 20.2 Å². The molecule has 22 heavy (non-hydrogen) atoms. The van der Waals surface area contributed by atoms with Crippen molar-refractivity contribution in [1.29, 1.82) is 0 Å². The molecule has 0 aromatic heterocycles. The standard InChI is InChI=1S/C15H24.C6H6O/c1-11-12(14(2,3)4)9-8-10-13(11)15(5,6)7;7-6-4-2-1-3-5-6/h8-10H,1-7H3;1-5,7H. The Morgan fingerprint density at radius 3 is 1.32 bits per heavy atom. The maximum atomic E-state index is 8.63. The van der Waals surface area contributed by atoms with Gasteiger partial charge >= 0.3 is 0 Å². The summed E-state index contributed by atoms with van der Waals surface area (Å²) in [7, 11) is 0. The summed E-state index contributed by atoms with van der Waals surface area (Å²) >= 11 is 0. The minimum Gasteiger partial charge on any atom is -0.508 e. The smallest absolute Gasteiger partial charge is 0.115 e. The van der Waals surface area contributed by atoms with E-state index >= 15 is 0 Å². The predicted octanol–water partition coefficient (Wildman–Crippen LogP) is 5.98. The first-order valence-electron chi connectivity index (χ1n) is 7.88. The van der Waals surface area contributed by atoms with Crippen molar-refractivity contribution in [2.75, 3.05) is 0 Å². The highest BCUT2D eigenvalue weighted by Gasteiger charge is 2.22. The van der Waals surface area contributed by atoms with E-state index in [1.165, 1.54) is 16.7 Å². The zero-order chi connectivity index (χ0) is 17.0. The Balaban J connectivity index is 0.000000287. The van der Waals surface area contributed by atoms with Gasteiger partial charge in [-0.15, -0.1) is 0 Å². The summed E-state index contributed by atoms with van der Waals surface area (Å²) in [5.74, 6) is 0.322. The van der Waals surface area contributed by atoms with Crippen LogP contribution in [0.25, 0.3) is 0 Å². The average Bonchev–Trinajstić information content (AvgIpc) is 2.37. The average molecular weight is 298 g/mol. The largest absolute Gasteiger partial charge is 0.508 e. The molecule has 2 aromatic rings. The third-order valence-corrected chi connectivity index (χ3v) is 3.71. The van der Waals surface area contributed by atoms with Crippen LogP contribution >= 0.6 is 0 Å². The molecule has 2 rings (SSSR count). The van der Waals surface area contributed by atoms with Gasteiger partial charge in [-0.25, -0.2) is 0 Å². The first-order valence-corrected chi connectivity index (χ1v) is 7.88. The first kappa shape index (κ1) is 18.3. The van der Waals surface area contributed by atoms with E-state index in [9.17, 15) is 0 Å². The maximum Gasteiger partial charge on any atom is 0.115 e. The highest BCUT2D eigenvalue weighted by atomic mass is 16.3. The van der Waals surface area contributed by atoms with Crippen molar-refractivity contribution in [3.63, 3.8) is 0 Å². The Morgan fingerprint density at radius 1 is 0.636 bits per heavy atom. The summed E-state index contributed by atoms with van der Waals surface area (Å²) in [5, 5.41) is 8.63. The molecule has 1 N–H and O–H groups in total. The summed E-state index contributed by atoms with van der Waals surface area (Å²) in [6, 6.07) is 15.4. The molecule has 120 valence electrons. The third kappa shape index (κ3) is 5.22. The molecule has 0 fully saturated rings. The number of para-hydroxylation sites is 1. The van der Waals surface area contributed by atoms with Gasteiger partial charge in [-0.3, -0.25) is 0 Å². The Bertz CT molecular complexity index is 551. The molecule has 0 heterocycles. The maximum absolute atomic E-state index is 8.63. The number of rotatable bonds is 0. The zero-order valence-electron chi connectivity index (χ0n) is 15.1. The van der Waals surface area contributed by atoms with Crippen LogP contribution in [0, 0.1) is 6.92 Å². The van der Waals surface area contributed by atoms with Crippen LogP contribution < -0.4 is 0 Å². The van der Waals surface area contributed by atoms with Crippen molar-refractivity contribution in [3.8, 4) is 5.75 Å². The zero-order valence-corrected chi connectivity index (χ0v) is 15.1. The van der Waals surface area contributed by atoms with E-state index in [0.717, 1.165) is 0 Å². The van der Waals surface area contributed by atoms with E-state index in [4.69, 9.17) is 5.11 Å². The summed E-state index contributed by atoms with van der Waals surface area (Å²) < 4.78 is 0. The number of phenolic OH excluding ortho intramolecular Hbond substituents is 1. The third-order valence-electron chi connectivity index (χ3n) is 3.71. The van der Waals surface area contributed by atoms with Gasteiger partial charge in [-0.1, -0.05) is 77.9 Å². The summed E-state index contributed by atoms with van der Waals surface area (Å²) in [6.07, 6.45) is 0. The van der Waals surface area contributed by atoms with E-state index in [0.29, 0.717) is 5.75 Å². The second kappa shape index (κ2) is 7.00. The highest BCUT2D eigenvalue weighted by molar-refractivity contribution is 5.41. The second-order valence-electron chi connectivity index (χ2n) is 7.81. The molecule has 1 nitrogen and oxygen atoms in total. The fourth-order valence-corrected chi connectivity index (χ4v) is 2.69. The fraction of sp³-hybridized carbons (Fsp3) is 0.429. The normalized spacial score (nSPS) is 11.6. The molecule has 0 unspecified atom stereocenters. The van der Waals surface area contributed by atoms with Crippen LogP contribution in [0.2, 0.25) is 0 Å². The molecule has 0 saturated heterocycles. The van der Waals surface area contributed by atoms with Gasteiger partial charge in [0.1, 0.15) is 5.75 Å². The Kier molecular flexibility index (Phi) is 5.82. The van der Waals surface area contributed by atoms with Crippen molar-refractivity contribution < 1.29 is 5.11 Å². The van der Waals surface area contributed by atoms with Crippen LogP contribution in [-0.2, 0) is 10.8 Å². The molecule has 0 aliphatic rings. The predicted molar refractivity (Wildman–Crippen MR) is 96.7 cm³/mol. The van der Waals surface area contributed by atoms with Crippen LogP contribution in [0.1, 0.15) is 58.2 Å². The summed E-state index contributed by atoms with van der Waals surface area (Å²) in [5.41, 5.74) is 4.87. The second-order valence-corrected chi connectivity index (χ2v) is 7.81. The first-order chi connectivity index (χ1) is 10.0. The Labute approximate surface area is 136 Å². The van der Waals surface area contributed by atoms with Crippen LogP contribution in [0.15, 0.2) is 48.5 Å². The van der Waals surface area contributed by atoms with Crippen LogP contribution in [0.5, 0.6) is 5.75 Å². The molecule has 0 aliphatic carbocycles. The van der Waals surface area contributed by atoms with E-state index in [-0.39, 0.29) is 10.8 Å². The molecule has 0 saturated carbocycles. The van der Waals surface area contributed by atoms with Crippen molar-refractivity contribution in [1.82, 2.24) is 0 Å². The quantitative estimate of drug-likeness (QED) is 0.634. The van der Waals surface area contributed by atoms with Gasteiger partial charge in [-0.05, 0) is 46.6 Å². The van der Waals surface area contributed by atoms with E-state index in [1.807, 2.05) is 6.07 Å². The molecular formula is C21H30O. The number of phenols is 1. The molecule has 0 bridgehead atoms. The van der Waals surface area contributed by atoms with Crippen LogP contribution in [0.3, 0.4) is 0 Å². The van der Waals surface area contributed by atoms with Crippen molar-refractivity contribution in [2.45, 2.75) is 59.3 Å². The lowest BCUT2D eigenvalue weighted by atomic mass is 9.77. The van der Waals surface area contributed by atoms with E-state index in [1.54, 1.807) is 24.3 Å². The van der Waals surface area contributed by atoms with Crippen molar-refractivity contribution in [2.24, 2.45) is 0 Å². The minimum atomic E-state index is 0.241. The van der Waals surface area contributed by atoms with Crippen LogP contribution in [-0.4, -0.2) is 5.11 Å². The highest BCUT2D eigenvalue weighted by Crippen LogP contribution is 2.32. The van der Waals surface area contributed by atoms with Gasteiger partial charge < -0.3 is 5.11 Å². The van der Waals surface area contributed by atoms with Gasteiger partial charge in [-0.2, -0.15) is 0 Å². The molecular weight excluding hydrogens is 268 g/mol. The van der Waals surface area contributed by atoms with Gasteiger partial charge in [0.2, 0.25) is 0 Å². The molecule has 0 atom stereocenters. The molecule has 2 aromatic carbocycles. The van der Waals surface area contributed by atoms with E-state index < -0.39 is 0 Å². The van der Waals surface area contributed by atoms with Gasteiger partial charge in [0.05, 0.1) is 0 Å². The minimum absolute atomic E-state index is 0.241. The number of hydrogen-bond acceptors (Lipinski definition) is 1. The number of benzene rings is 2. The molecule has 1 heteroatoms. The number of aromatic hydroxyl groups is 1. The SMILES string of the molecule is Cc1c(C(C)(C)C)cccc1C(C)(C)C.Oc1ccccc1.